The molecular formula is C13H19NO2. The molecule has 0 amide bonds. The van der Waals surface area contributed by atoms with Crippen molar-refractivity contribution in [1.82, 2.24) is 5.32 Å². The first-order valence-corrected chi connectivity index (χ1v) is 5.75. The van der Waals surface area contributed by atoms with E-state index in [-0.39, 0.29) is 11.8 Å². The Morgan fingerprint density at radius 1 is 1.44 bits per heavy atom. The zero-order valence-corrected chi connectivity index (χ0v) is 10.1. The number of hydrogen-bond donors (Lipinski definition) is 1. The third-order valence-electron chi connectivity index (χ3n) is 2.65. The third-order valence-corrected chi connectivity index (χ3v) is 2.65. The van der Waals surface area contributed by atoms with Crippen LogP contribution >= 0.6 is 0 Å². The maximum atomic E-state index is 5.93. The highest BCUT2D eigenvalue weighted by Crippen LogP contribution is 2.32. The average molecular weight is 221 g/mol. The number of ether oxygens (including phenoxy) is 2. The maximum absolute atomic E-state index is 5.93. The summed E-state index contributed by atoms with van der Waals surface area (Å²) in [7, 11) is 0. The summed E-state index contributed by atoms with van der Waals surface area (Å²) >= 11 is 0. The molecule has 16 heavy (non-hydrogen) atoms. The molecule has 0 bridgehead atoms. The quantitative estimate of drug-likeness (QED) is 0.850. The first-order valence-electron chi connectivity index (χ1n) is 5.75. The minimum absolute atomic E-state index is 0.0576. The SMILES string of the molecule is CCOc1ccccc1C1NCC(C)(C)O1. The van der Waals surface area contributed by atoms with Gasteiger partial charge in [-0.1, -0.05) is 18.2 Å². The van der Waals surface area contributed by atoms with Crippen LogP contribution in [0.3, 0.4) is 0 Å². The van der Waals surface area contributed by atoms with Crippen molar-refractivity contribution < 1.29 is 9.47 Å². The fourth-order valence-electron chi connectivity index (χ4n) is 1.90. The molecule has 1 aliphatic rings. The third kappa shape index (κ3) is 2.36. The van der Waals surface area contributed by atoms with Crippen LogP contribution in [0.1, 0.15) is 32.6 Å². The van der Waals surface area contributed by atoms with Crippen LogP contribution in [0, 0.1) is 0 Å². The van der Waals surface area contributed by atoms with Crippen molar-refractivity contribution in [3.8, 4) is 5.75 Å². The smallest absolute Gasteiger partial charge is 0.138 e. The average Bonchev–Trinajstić information content (AvgIpc) is 2.60. The van der Waals surface area contributed by atoms with Gasteiger partial charge in [-0.3, -0.25) is 5.32 Å². The van der Waals surface area contributed by atoms with Crippen LogP contribution < -0.4 is 10.1 Å². The molecule has 0 saturated carbocycles. The monoisotopic (exact) mass is 221 g/mol. The van der Waals surface area contributed by atoms with E-state index in [1.165, 1.54) is 0 Å². The van der Waals surface area contributed by atoms with Crippen molar-refractivity contribution in [1.29, 1.82) is 0 Å². The molecule has 0 spiro atoms. The molecule has 0 radical (unpaired) electrons. The molecule has 1 aromatic carbocycles. The van der Waals surface area contributed by atoms with Crippen LogP contribution in [0.5, 0.6) is 5.75 Å². The Morgan fingerprint density at radius 3 is 2.81 bits per heavy atom. The predicted octanol–water partition coefficient (Wildman–Crippen LogP) is 2.48. The first-order chi connectivity index (χ1) is 7.62. The number of rotatable bonds is 3. The summed E-state index contributed by atoms with van der Waals surface area (Å²) in [6.07, 6.45) is -0.0576. The van der Waals surface area contributed by atoms with E-state index in [9.17, 15) is 0 Å². The fourth-order valence-corrected chi connectivity index (χ4v) is 1.90. The summed E-state index contributed by atoms with van der Waals surface area (Å²) in [5.41, 5.74) is 0.971. The van der Waals surface area contributed by atoms with Crippen molar-refractivity contribution in [2.75, 3.05) is 13.2 Å². The molecule has 1 N–H and O–H groups in total. The largest absolute Gasteiger partial charge is 0.493 e. The van der Waals surface area contributed by atoms with E-state index < -0.39 is 0 Å². The molecule has 1 unspecified atom stereocenters. The second-order valence-corrected chi connectivity index (χ2v) is 4.61. The van der Waals surface area contributed by atoms with E-state index in [0.717, 1.165) is 17.9 Å². The molecule has 0 aliphatic carbocycles. The van der Waals surface area contributed by atoms with Crippen LogP contribution in [-0.2, 0) is 4.74 Å². The van der Waals surface area contributed by atoms with Crippen LogP contribution in [0.25, 0.3) is 0 Å². The van der Waals surface area contributed by atoms with Crippen molar-refractivity contribution in [3.63, 3.8) is 0 Å². The van der Waals surface area contributed by atoms with Gasteiger partial charge in [0.05, 0.1) is 12.2 Å². The fraction of sp³-hybridized carbons (Fsp3) is 0.538. The molecule has 2 rings (SSSR count). The number of para-hydroxylation sites is 1. The summed E-state index contributed by atoms with van der Waals surface area (Å²) in [5.74, 6) is 0.903. The van der Waals surface area contributed by atoms with Gasteiger partial charge in [0.25, 0.3) is 0 Å². The van der Waals surface area contributed by atoms with Gasteiger partial charge in [0.2, 0.25) is 0 Å². The Hall–Kier alpha value is -1.06. The zero-order chi connectivity index (χ0) is 11.6. The highest BCUT2D eigenvalue weighted by Gasteiger charge is 2.33. The van der Waals surface area contributed by atoms with E-state index >= 15 is 0 Å². The molecule has 1 aromatic rings. The Balaban J connectivity index is 2.20. The molecule has 1 saturated heterocycles. The Morgan fingerprint density at radius 2 is 2.19 bits per heavy atom. The second-order valence-electron chi connectivity index (χ2n) is 4.61. The molecule has 1 atom stereocenters. The number of benzene rings is 1. The highest BCUT2D eigenvalue weighted by molar-refractivity contribution is 5.35. The van der Waals surface area contributed by atoms with Crippen molar-refractivity contribution in [2.45, 2.75) is 32.6 Å². The van der Waals surface area contributed by atoms with Crippen LogP contribution in [-0.4, -0.2) is 18.8 Å². The minimum atomic E-state index is -0.107. The van der Waals surface area contributed by atoms with Gasteiger partial charge < -0.3 is 9.47 Å². The molecule has 88 valence electrons. The zero-order valence-electron chi connectivity index (χ0n) is 10.1. The predicted molar refractivity (Wildman–Crippen MR) is 63.5 cm³/mol. The summed E-state index contributed by atoms with van der Waals surface area (Å²) in [4.78, 5) is 0. The summed E-state index contributed by atoms with van der Waals surface area (Å²) in [5, 5.41) is 3.36. The number of nitrogens with one attached hydrogen (secondary N) is 1. The van der Waals surface area contributed by atoms with Gasteiger partial charge >= 0.3 is 0 Å². The van der Waals surface area contributed by atoms with Gasteiger partial charge in [-0.25, -0.2) is 0 Å². The standard InChI is InChI=1S/C13H19NO2/c1-4-15-11-8-6-5-7-10(11)12-14-9-13(2,3)16-12/h5-8,12,14H,4,9H2,1-3H3. The van der Waals surface area contributed by atoms with E-state index in [2.05, 4.69) is 19.2 Å². The summed E-state index contributed by atoms with van der Waals surface area (Å²) < 4.78 is 11.5. The van der Waals surface area contributed by atoms with Gasteiger partial charge in [-0.15, -0.1) is 0 Å². The summed E-state index contributed by atoms with van der Waals surface area (Å²) in [6.45, 7) is 7.70. The lowest BCUT2D eigenvalue weighted by atomic mass is 10.1. The van der Waals surface area contributed by atoms with Gasteiger partial charge in [0.1, 0.15) is 12.0 Å². The van der Waals surface area contributed by atoms with Crippen LogP contribution in [0.2, 0.25) is 0 Å². The summed E-state index contributed by atoms with van der Waals surface area (Å²) in [6, 6.07) is 8.02. The lowest BCUT2D eigenvalue weighted by Gasteiger charge is -2.19. The molecule has 3 heteroatoms. The normalized spacial score (nSPS) is 23.3. The Kier molecular flexibility index (Phi) is 3.17. The lowest BCUT2D eigenvalue weighted by Crippen LogP contribution is -2.23. The Bertz CT molecular complexity index is 363. The number of hydrogen-bond acceptors (Lipinski definition) is 3. The van der Waals surface area contributed by atoms with Crippen LogP contribution in [0.4, 0.5) is 0 Å². The molecule has 0 aromatic heterocycles. The lowest BCUT2D eigenvalue weighted by molar-refractivity contribution is -0.0166. The van der Waals surface area contributed by atoms with E-state index in [1.54, 1.807) is 0 Å². The van der Waals surface area contributed by atoms with Gasteiger partial charge in [-0.2, -0.15) is 0 Å². The van der Waals surface area contributed by atoms with E-state index in [1.807, 2.05) is 31.2 Å². The second kappa shape index (κ2) is 4.44. The van der Waals surface area contributed by atoms with Gasteiger partial charge in [0, 0.05) is 12.1 Å². The van der Waals surface area contributed by atoms with Crippen molar-refractivity contribution >= 4 is 0 Å². The molecule has 1 heterocycles. The topological polar surface area (TPSA) is 30.5 Å². The van der Waals surface area contributed by atoms with E-state index in [0.29, 0.717) is 6.61 Å². The molecule has 1 fully saturated rings. The molecular weight excluding hydrogens is 202 g/mol. The molecule has 1 aliphatic heterocycles. The minimum Gasteiger partial charge on any atom is -0.493 e. The highest BCUT2D eigenvalue weighted by atomic mass is 16.5. The van der Waals surface area contributed by atoms with Crippen molar-refractivity contribution in [3.05, 3.63) is 29.8 Å². The van der Waals surface area contributed by atoms with Gasteiger partial charge in [-0.05, 0) is 26.8 Å². The van der Waals surface area contributed by atoms with E-state index in [4.69, 9.17) is 9.47 Å². The molecule has 3 nitrogen and oxygen atoms in total. The Labute approximate surface area is 96.8 Å². The van der Waals surface area contributed by atoms with Gasteiger partial charge in [0.15, 0.2) is 0 Å². The first kappa shape index (κ1) is 11.4. The van der Waals surface area contributed by atoms with Crippen LogP contribution in [0.15, 0.2) is 24.3 Å². The van der Waals surface area contributed by atoms with Crippen molar-refractivity contribution in [2.24, 2.45) is 0 Å². The maximum Gasteiger partial charge on any atom is 0.138 e.